The minimum Gasteiger partial charge on any atom is -0.472 e. The zero-order valence-corrected chi connectivity index (χ0v) is 10.3. The third-order valence-corrected chi connectivity index (χ3v) is 3.19. The SMILES string of the molecule is COC(=O)C1CCCC(OC(=O)c2ccoc2)C1. The number of carbonyl (C=O) groups is 2. The van der Waals surface area contributed by atoms with Gasteiger partial charge in [-0.1, -0.05) is 0 Å². The van der Waals surface area contributed by atoms with Crippen molar-refractivity contribution in [2.24, 2.45) is 5.92 Å². The van der Waals surface area contributed by atoms with Crippen molar-refractivity contribution in [2.75, 3.05) is 7.11 Å². The van der Waals surface area contributed by atoms with E-state index in [4.69, 9.17) is 13.9 Å². The Balaban J connectivity index is 1.90. The zero-order valence-electron chi connectivity index (χ0n) is 10.3. The Labute approximate surface area is 105 Å². The number of carbonyl (C=O) groups excluding carboxylic acids is 2. The van der Waals surface area contributed by atoms with Gasteiger partial charge in [0.1, 0.15) is 12.4 Å². The Bertz CT molecular complexity index is 409. The van der Waals surface area contributed by atoms with Gasteiger partial charge in [0.2, 0.25) is 0 Å². The summed E-state index contributed by atoms with van der Waals surface area (Å²) in [5.41, 5.74) is 0.398. The highest BCUT2D eigenvalue weighted by Gasteiger charge is 2.30. The molecule has 0 amide bonds. The molecule has 1 fully saturated rings. The molecule has 1 heterocycles. The van der Waals surface area contributed by atoms with E-state index < -0.39 is 5.97 Å². The van der Waals surface area contributed by atoms with E-state index in [-0.39, 0.29) is 18.0 Å². The third kappa shape index (κ3) is 2.91. The minimum absolute atomic E-state index is 0.161. The molecular formula is C13H16O5. The maximum absolute atomic E-state index is 11.7. The number of rotatable bonds is 3. The van der Waals surface area contributed by atoms with E-state index in [0.717, 1.165) is 19.3 Å². The summed E-state index contributed by atoms with van der Waals surface area (Å²) >= 11 is 0. The molecule has 2 atom stereocenters. The molecule has 0 radical (unpaired) electrons. The van der Waals surface area contributed by atoms with Crippen LogP contribution < -0.4 is 0 Å². The van der Waals surface area contributed by atoms with Crippen LogP contribution in [0.25, 0.3) is 0 Å². The van der Waals surface area contributed by atoms with Crippen LogP contribution in [-0.4, -0.2) is 25.2 Å². The van der Waals surface area contributed by atoms with E-state index in [2.05, 4.69) is 0 Å². The molecule has 1 aromatic rings. The van der Waals surface area contributed by atoms with Crippen LogP contribution in [0.1, 0.15) is 36.0 Å². The first-order valence-corrected chi connectivity index (χ1v) is 6.01. The third-order valence-electron chi connectivity index (χ3n) is 3.19. The lowest BCUT2D eigenvalue weighted by atomic mass is 9.87. The first-order chi connectivity index (χ1) is 8.70. The van der Waals surface area contributed by atoms with Crippen molar-refractivity contribution in [1.82, 2.24) is 0 Å². The fourth-order valence-electron chi connectivity index (χ4n) is 2.23. The lowest BCUT2D eigenvalue weighted by molar-refractivity contribution is -0.148. The van der Waals surface area contributed by atoms with Crippen molar-refractivity contribution in [3.63, 3.8) is 0 Å². The predicted octanol–water partition coefficient (Wildman–Crippen LogP) is 2.17. The highest BCUT2D eigenvalue weighted by atomic mass is 16.5. The topological polar surface area (TPSA) is 65.7 Å². The average Bonchev–Trinajstić information content (AvgIpc) is 2.92. The molecule has 0 spiro atoms. The largest absolute Gasteiger partial charge is 0.472 e. The molecule has 5 heteroatoms. The maximum Gasteiger partial charge on any atom is 0.341 e. The van der Waals surface area contributed by atoms with Crippen LogP contribution in [0.5, 0.6) is 0 Å². The van der Waals surface area contributed by atoms with Gasteiger partial charge in [0.15, 0.2) is 0 Å². The molecule has 5 nitrogen and oxygen atoms in total. The Kier molecular flexibility index (Phi) is 4.02. The maximum atomic E-state index is 11.7. The van der Waals surface area contributed by atoms with Gasteiger partial charge >= 0.3 is 11.9 Å². The monoisotopic (exact) mass is 252 g/mol. The summed E-state index contributed by atoms with van der Waals surface area (Å²) in [5, 5.41) is 0. The van der Waals surface area contributed by atoms with Crippen LogP contribution in [0.4, 0.5) is 0 Å². The summed E-state index contributed by atoms with van der Waals surface area (Å²) in [6.45, 7) is 0. The summed E-state index contributed by atoms with van der Waals surface area (Å²) in [6, 6.07) is 1.56. The van der Waals surface area contributed by atoms with Crippen molar-refractivity contribution in [2.45, 2.75) is 31.8 Å². The van der Waals surface area contributed by atoms with Gasteiger partial charge in [-0.15, -0.1) is 0 Å². The normalized spacial score (nSPS) is 23.4. The number of ether oxygens (including phenoxy) is 2. The first-order valence-electron chi connectivity index (χ1n) is 6.01. The number of hydrogen-bond donors (Lipinski definition) is 0. The standard InChI is InChI=1S/C13H16O5/c1-16-12(14)9-3-2-4-11(7-9)18-13(15)10-5-6-17-8-10/h5-6,8-9,11H,2-4,7H2,1H3. The number of furan rings is 1. The summed E-state index contributed by atoms with van der Waals surface area (Å²) in [6.07, 6.45) is 5.55. The summed E-state index contributed by atoms with van der Waals surface area (Å²) in [4.78, 5) is 23.2. The average molecular weight is 252 g/mol. The second-order valence-electron chi connectivity index (χ2n) is 4.43. The van der Waals surface area contributed by atoms with Gasteiger partial charge in [0.05, 0.1) is 24.9 Å². The highest BCUT2D eigenvalue weighted by Crippen LogP contribution is 2.27. The summed E-state index contributed by atoms with van der Waals surface area (Å²) < 4.78 is 14.9. The Morgan fingerprint density at radius 3 is 2.89 bits per heavy atom. The van der Waals surface area contributed by atoms with Gasteiger partial charge in [-0.2, -0.15) is 0 Å². The van der Waals surface area contributed by atoms with Crippen LogP contribution in [0.15, 0.2) is 23.0 Å². The Morgan fingerprint density at radius 1 is 1.39 bits per heavy atom. The van der Waals surface area contributed by atoms with E-state index in [1.54, 1.807) is 6.07 Å². The fraction of sp³-hybridized carbons (Fsp3) is 0.538. The van der Waals surface area contributed by atoms with Crippen molar-refractivity contribution in [3.8, 4) is 0 Å². The van der Waals surface area contributed by atoms with E-state index in [1.807, 2.05) is 0 Å². The van der Waals surface area contributed by atoms with E-state index in [1.165, 1.54) is 19.6 Å². The highest BCUT2D eigenvalue weighted by molar-refractivity contribution is 5.89. The van der Waals surface area contributed by atoms with Crippen LogP contribution in [0, 0.1) is 5.92 Å². The van der Waals surface area contributed by atoms with Gasteiger partial charge in [-0.05, 0) is 31.7 Å². The van der Waals surface area contributed by atoms with Crippen molar-refractivity contribution in [1.29, 1.82) is 0 Å². The molecule has 1 aromatic heterocycles. The van der Waals surface area contributed by atoms with E-state index >= 15 is 0 Å². The summed E-state index contributed by atoms with van der Waals surface area (Å²) in [5.74, 6) is -0.788. The quantitative estimate of drug-likeness (QED) is 0.771. The fourth-order valence-corrected chi connectivity index (χ4v) is 2.23. The molecule has 2 rings (SSSR count). The molecule has 0 aliphatic heterocycles. The molecule has 1 aliphatic rings. The molecule has 1 aliphatic carbocycles. The van der Waals surface area contributed by atoms with Crippen molar-refractivity contribution < 1.29 is 23.5 Å². The van der Waals surface area contributed by atoms with Gasteiger partial charge in [0, 0.05) is 0 Å². The molecule has 18 heavy (non-hydrogen) atoms. The lowest BCUT2D eigenvalue weighted by Gasteiger charge is -2.27. The first kappa shape index (κ1) is 12.7. The predicted molar refractivity (Wildman–Crippen MR) is 61.9 cm³/mol. The molecular weight excluding hydrogens is 236 g/mol. The minimum atomic E-state index is -0.403. The molecule has 0 N–H and O–H groups in total. The van der Waals surface area contributed by atoms with Crippen molar-refractivity contribution >= 4 is 11.9 Å². The molecule has 98 valence electrons. The molecule has 0 saturated heterocycles. The number of esters is 2. The van der Waals surface area contributed by atoms with Gasteiger partial charge in [0.25, 0.3) is 0 Å². The van der Waals surface area contributed by atoms with Crippen LogP contribution >= 0.6 is 0 Å². The van der Waals surface area contributed by atoms with Crippen LogP contribution in [0.2, 0.25) is 0 Å². The van der Waals surface area contributed by atoms with Gasteiger partial charge in [-0.25, -0.2) is 4.79 Å². The smallest absolute Gasteiger partial charge is 0.341 e. The number of hydrogen-bond acceptors (Lipinski definition) is 5. The molecule has 0 aromatic carbocycles. The number of methoxy groups -OCH3 is 1. The van der Waals surface area contributed by atoms with Crippen LogP contribution in [0.3, 0.4) is 0 Å². The van der Waals surface area contributed by atoms with Crippen LogP contribution in [-0.2, 0) is 14.3 Å². The molecule has 2 unspecified atom stereocenters. The zero-order chi connectivity index (χ0) is 13.0. The molecule has 0 bridgehead atoms. The Morgan fingerprint density at radius 2 is 2.22 bits per heavy atom. The Hall–Kier alpha value is -1.78. The van der Waals surface area contributed by atoms with E-state index in [0.29, 0.717) is 12.0 Å². The summed E-state index contributed by atoms with van der Waals surface area (Å²) in [7, 11) is 1.38. The van der Waals surface area contributed by atoms with E-state index in [9.17, 15) is 9.59 Å². The lowest BCUT2D eigenvalue weighted by Crippen LogP contribution is -2.30. The van der Waals surface area contributed by atoms with Crippen molar-refractivity contribution in [3.05, 3.63) is 24.2 Å². The van der Waals surface area contributed by atoms with Gasteiger partial charge < -0.3 is 13.9 Å². The second-order valence-corrected chi connectivity index (χ2v) is 4.43. The second kappa shape index (κ2) is 5.71. The van der Waals surface area contributed by atoms with Gasteiger partial charge in [-0.3, -0.25) is 4.79 Å². The molecule has 1 saturated carbocycles.